The molecule has 0 spiro atoms. The summed E-state index contributed by atoms with van der Waals surface area (Å²) in [5.74, 6) is 0.486. The number of benzene rings is 2. The molecule has 26 heavy (non-hydrogen) atoms. The van der Waals surface area contributed by atoms with Crippen molar-refractivity contribution in [2.24, 2.45) is 11.0 Å². The van der Waals surface area contributed by atoms with Crippen molar-refractivity contribution >= 4 is 17.9 Å². The first-order valence-corrected chi connectivity index (χ1v) is 9.39. The van der Waals surface area contributed by atoms with Crippen LogP contribution in [0.5, 0.6) is 0 Å². The minimum Gasteiger partial charge on any atom is -0.302 e. The Morgan fingerprint density at radius 2 is 1.58 bits per heavy atom. The average Bonchev–Trinajstić information content (AvgIpc) is 3.12. The molecule has 1 fully saturated rings. The van der Waals surface area contributed by atoms with Crippen molar-refractivity contribution in [2.45, 2.75) is 25.3 Å². The molecular formula is C24H24N2. The number of hydrogen-bond acceptors (Lipinski definition) is 2. The molecule has 0 saturated heterocycles. The molecule has 1 N–H and O–H groups in total. The third-order valence-corrected chi connectivity index (χ3v) is 5.09. The van der Waals surface area contributed by atoms with Crippen LogP contribution in [-0.4, -0.2) is 11.8 Å². The first-order chi connectivity index (χ1) is 12.9. The zero-order valence-electron chi connectivity index (χ0n) is 14.9. The quantitative estimate of drug-likeness (QED) is 0.784. The Labute approximate surface area is 155 Å². The van der Waals surface area contributed by atoms with Gasteiger partial charge in [-0.3, -0.25) is 0 Å². The Bertz CT molecular complexity index is 844. The Hall–Kier alpha value is -2.87. The fourth-order valence-corrected chi connectivity index (χ4v) is 3.72. The van der Waals surface area contributed by atoms with Crippen LogP contribution >= 0.6 is 0 Å². The highest BCUT2D eigenvalue weighted by Gasteiger charge is 2.34. The topological polar surface area (TPSA) is 24.4 Å². The SMILES string of the molecule is C(=C\c1ccccc1)/C=C1\CCCC2C1=NNC2/C=C/c1ccccc1. The van der Waals surface area contributed by atoms with E-state index in [0.717, 1.165) is 6.42 Å². The zero-order chi connectivity index (χ0) is 17.6. The average molecular weight is 340 g/mol. The second kappa shape index (κ2) is 8.01. The van der Waals surface area contributed by atoms with Crippen molar-refractivity contribution in [3.8, 4) is 0 Å². The summed E-state index contributed by atoms with van der Waals surface area (Å²) in [6.07, 6.45) is 14.6. The van der Waals surface area contributed by atoms with Crippen LogP contribution in [0.1, 0.15) is 30.4 Å². The molecule has 2 aromatic rings. The second-order valence-electron chi connectivity index (χ2n) is 6.88. The van der Waals surface area contributed by atoms with Crippen LogP contribution in [0.2, 0.25) is 0 Å². The van der Waals surface area contributed by atoms with Crippen LogP contribution in [-0.2, 0) is 0 Å². The van der Waals surface area contributed by atoms with Gasteiger partial charge < -0.3 is 5.43 Å². The van der Waals surface area contributed by atoms with Gasteiger partial charge in [-0.1, -0.05) is 91.0 Å². The van der Waals surface area contributed by atoms with Crippen LogP contribution in [0.25, 0.3) is 12.2 Å². The van der Waals surface area contributed by atoms with Crippen molar-refractivity contribution in [3.63, 3.8) is 0 Å². The molecule has 1 aliphatic carbocycles. The smallest absolute Gasteiger partial charge is 0.0708 e. The van der Waals surface area contributed by atoms with Crippen molar-refractivity contribution in [3.05, 3.63) is 95.6 Å². The van der Waals surface area contributed by atoms with Crippen molar-refractivity contribution in [1.82, 2.24) is 5.43 Å². The maximum Gasteiger partial charge on any atom is 0.0708 e. The van der Waals surface area contributed by atoms with E-state index in [-0.39, 0.29) is 0 Å². The molecule has 4 rings (SSSR count). The summed E-state index contributed by atoms with van der Waals surface area (Å²) in [5, 5.41) is 4.67. The molecule has 2 aromatic carbocycles. The van der Waals surface area contributed by atoms with Crippen molar-refractivity contribution < 1.29 is 0 Å². The molecule has 0 radical (unpaired) electrons. The van der Waals surface area contributed by atoms with Gasteiger partial charge in [-0.15, -0.1) is 0 Å². The van der Waals surface area contributed by atoms with Gasteiger partial charge in [0.2, 0.25) is 0 Å². The van der Waals surface area contributed by atoms with E-state index in [2.05, 4.69) is 89.4 Å². The van der Waals surface area contributed by atoms with Crippen molar-refractivity contribution in [2.75, 3.05) is 0 Å². The molecule has 2 unspecified atom stereocenters. The highest BCUT2D eigenvalue weighted by molar-refractivity contribution is 6.04. The molecule has 0 bridgehead atoms. The third-order valence-electron chi connectivity index (χ3n) is 5.09. The summed E-state index contributed by atoms with van der Waals surface area (Å²) < 4.78 is 0. The van der Waals surface area contributed by atoms with Gasteiger partial charge in [-0.05, 0) is 36.0 Å². The van der Waals surface area contributed by atoms with Gasteiger partial charge in [-0.2, -0.15) is 5.10 Å². The lowest BCUT2D eigenvalue weighted by atomic mass is 9.80. The predicted molar refractivity (Wildman–Crippen MR) is 111 cm³/mol. The number of nitrogens with one attached hydrogen (secondary N) is 1. The number of fused-ring (bicyclic) bond motifs is 1. The summed E-state index contributed by atoms with van der Waals surface area (Å²) >= 11 is 0. The fraction of sp³-hybridized carbons (Fsp3) is 0.208. The van der Waals surface area contributed by atoms with Crippen molar-refractivity contribution in [1.29, 1.82) is 0 Å². The molecule has 0 aromatic heterocycles. The summed E-state index contributed by atoms with van der Waals surface area (Å²) in [6, 6.07) is 21.2. The van der Waals surface area contributed by atoms with Gasteiger partial charge in [0, 0.05) is 5.92 Å². The minimum absolute atomic E-state index is 0.298. The van der Waals surface area contributed by atoms with E-state index in [4.69, 9.17) is 0 Å². The molecule has 2 heteroatoms. The first kappa shape index (κ1) is 16.6. The highest BCUT2D eigenvalue weighted by Crippen LogP contribution is 2.32. The summed E-state index contributed by atoms with van der Waals surface area (Å²) in [6.45, 7) is 0. The van der Waals surface area contributed by atoms with Gasteiger partial charge in [0.05, 0.1) is 11.8 Å². The van der Waals surface area contributed by atoms with Crippen LogP contribution in [0.15, 0.2) is 89.6 Å². The van der Waals surface area contributed by atoms with Crippen LogP contribution in [0.3, 0.4) is 0 Å². The lowest BCUT2D eigenvalue weighted by molar-refractivity contribution is 0.498. The van der Waals surface area contributed by atoms with Gasteiger partial charge in [0.15, 0.2) is 0 Å². The molecule has 1 aliphatic heterocycles. The monoisotopic (exact) mass is 340 g/mol. The van der Waals surface area contributed by atoms with E-state index in [1.54, 1.807) is 0 Å². The summed E-state index contributed by atoms with van der Waals surface area (Å²) in [5.41, 5.74) is 8.43. The first-order valence-electron chi connectivity index (χ1n) is 9.39. The normalized spacial score (nSPS) is 24.0. The lowest BCUT2D eigenvalue weighted by Gasteiger charge is -2.24. The van der Waals surface area contributed by atoms with Gasteiger partial charge in [-0.25, -0.2) is 0 Å². The second-order valence-corrected chi connectivity index (χ2v) is 6.88. The maximum absolute atomic E-state index is 4.67. The molecule has 2 nitrogen and oxygen atoms in total. The lowest BCUT2D eigenvalue weighted by Crippen LogP contribution is -2.30. The summed E-state index contributed by atoms with van der Waals surface area (Å²) in [7, 11) is 0. The third kappa shape index (κ3) is 3.85. The standard InChI is InChI=1S/C24H24N2/c1-3-9-19(10-4-1)13-7-14-21-15-8-16-22-23(25-26-24(21)22)18-17-20-11-5-2-6-12-20/h1-7,9-14,17-18,22-23,25H,8,15-16H2/b13-7+,18-17+,21-14+. The van der Waals surface area contributed by atoms with E-state index in [1.165, 1.54) is 35.3 Å². The van der Waals surface area contributed by atoms with Gasteiger partial charge in [0.1, 0.15) is 0 Å². The number of hydrogen-bond donors (Lipinski definition) is 1. The number of hydrazone groups is 1. The van der Waals surface area contributed by atoms with Crippen LogP contribution in [0.4, 0.5) is 0 Å². The minimum atomic E-state index is 0.298. The molecule has 130 valence electrons. The van der Waals surface area contributed by atoms with Crippen LogP contribution < -0.4 is 5.43 Å². The van der Waals surface area contributed by atoms with E-state index < -0.39 is 0 Å². The van der Waals surface area contributed by atoms with E-state index >= 15 is 0 Å². The number of nitrogens with zero attached hydrogens (tertiary/aromatic N) is 1. The zero-order valence-corrected chi connectivity index (χ0v) is 14.9. The molecule has 1 saturated carbocycles. The molecular weight excluding hydrogens is 316 g/mol. The van der Waals surface area contributed by atoms with E-state index in [9.17, 15) is 0 Å². The molecule has 2 aliphatic rings. The maximum atomic E-state index is 4.67. The number of allylic oxidation sites excluding steroid dienone is 3. The molecule has 2 atom stereocenters. The Balaban J connectivity index is 1.45. The highest BCUT2D eigenvalue weighted by atomic mass is 15.3. The number of rotatable bonds is 4. The Morgan fingerprint density at radius 1 is 0.885 bits per heavy atom. The molecule has 0 amide bonds. The largest absolute Gasteiger partial charge is 0.302 e. The van der Waals surface area contributed by atoms with Gasteiger partial charge >= 0.3 is 0 Å². The Kier molecular flexibility index (Phi) is 5.11. The predicted octanol–water partition coefficient (Wildman–Crippen LogP) is 5.47. The van der Waals surface area contributed by atoms with Gasteiger partial charge in [0.25, 0.3) is 0 Å². The van der Waals surface area contributed by atoms with E-state index in [0.29, 0.717) is 12.0 Å². The van der Waals surface area contributed by atoms with E-state index in [1.807, 2.05) is 12.1 Å². The Morgan fingerprint density at radius 3 is 2.31 bits per heavy atom. The molecule has 1 heterocycles. The summed E-state index contributed by atoms with van der Waals surface area (Å²) in [4.78, 5) is 0. The fourth-order valence-electron chi connectivity index (χ4n) is 3.72. The van der Waals surface area contributed by atoms with Crippen LogP contribution in [0, 0.1) is 5.92 Å².